The van der Waals surface area contributed by atoms with Gasteiger partial charge < -0.3 is 26.4 Å². The highest BCUT2D eigenvalue weighted by Gasteiger charge is 2.22. The number of hydrogen-bond donors (Lipinski definition) is 4. The number of amides is 3. The summed E-state index contributed by atoms with van der Waals surface area (Å²) in [5.74, 6) is -0.708. The van der Waals surface area contributed by atoms with Gasteiger partial charge in [0.15, 0.2) is 0 Å². The zero-order valence-corrected chi connectivity index (χ0v) is 22.4. The summed E-state index contributed by atoms with van der Waals surface area (Å²) >= 11 is 0. The Morgan fingerprint density at radius 1 is 0.821 bits per heavy atom. The Hall–Kier alpha value is -4.17. The van der Waals surface area contributed by atoms with Crippen molar-refractivity contribution in [2.45, 2.75) is 45.4 Å². The number of carbonyl (C=O) groups excluding carboxylic acids is 3. The number of hydrogen-bond acceptors (Lipinski definition) is 5. The van der Waals surface area contributed by atoms with Gasteiger partial charge in [0.25, 0.3) is 0 Å². The summed E-state index contributed by atoms with van der Waals surface area (Å²) in [6.07, 6.45) is 0.754. The smallest absolute Gasteiger partial charge is 0.242 e. The molecule has 5 N–H and O–H groups in total. The van der Waals surface area contributed by atoms with E-state index in [2.05, 4.69) is 16.0 Å². The van der Waals surface area contributed by atoms with E-state index < -0.39 is 17.9 Å². The molecule has 0 aliphatic heterocycles. The Morgan fingerprint density at radius 2 is 1.46 bits per heavy atom. The average Bonchev–Trinajstić information content (AvgIpc) is 2.96. The van der Waals surface area contributed by atoms with E-state index in [9.17, 15) is 14.4 Å². The Labute approximate surface area is 230 Å². The molecule has 3 aromatic carbocycles. The number of benzene rings is 3. The SMILES string of the molecule is CC(CCC(=O)NC(Cc1ccc(OCc2ccccc2)cc1)C(=O)NCCNCc1ccccc1)C(N)=O. The summed E-state index contributed by atoms with van der Waals surface area (Å²) in [5.41, 5.74) is 8.43. The van der Waals surface area contributed by atoms with Crippen LogP contribution in [0.3, 0.4) is 0 Å². The summed E-state index contributed by atoms with van der Waals surface area (Å²) < 4.78 is 5.85. The van der Waals surface area contributed by atoms with E-state index >= 15 is 0 Å². The molecule has 0 heterocycles. The number of nitrogens with two attached hydrogens (primary N) is 1. The predicted octanol–water partition coefficient (Wildman–Crippen LogP) is 3.10. The van der Waals surface area contributed by atoms with Gasteiger partial charge in [-0.3, -0.25) is 14.4 Å². The Balaban J connectivity index is 1.53. The highest BCUT2D eigenvalue weighted by Crippen LogP contribution is 2.16. The maximum absolute atomic E-state index is 13.0. The lowest BCUT2D eigenvalue weighted by Gasteiger charge is -2.19. The maximum Gasteiger partial charge on any atom is 0.242 e. The Bertz CT molecular complexity index is 1170. The molecule has 0 aromatic heterocycles. The molecular formula is C31H38N4O4. The van der Waals surface area contributed by atoms with Crippen molar-refractivity contribution < 1.29 is 19.1 Å². The monoisotopic (exact) mass is 530 g/mol. The minimum Gasteiger partial charge on any atom is -0.489 e. The first-order valence-corrected chi connectivity index (χ1v) is 13.3. The fourth-order valence-corrected chi connectivity index (χ4v) is 3.89. The molecule has 8 nitrogen and oxygen atoms in total. The third-order valence-electron chi connectivity index (χ3n) is 6.33. The van der Waals surface area contributed by atoms with Crippen LogP contribution in [0.4, 0.5) is 0 Å². The molecule has 2 atom stereocenters. The summed E-state index contributed by atoms with van der Waals surface area (Å²) in [7, 11) is 0. The molecule has 2 unspecified atom stereocenters. The van der Waals surface area contributed by atoms with Gasteiger partial charge in [-0.25, -0.2) is 0 Å². The molecular weight excluding hydrogens is 492 g/mol. The van der Waals surface area contributed by atoms with Gasteiger partial charge in [0.1, 0.15) is 18.4 Å². The summed E-state index contributed by atoms with van der Waals surface area (Å²) in [4.78, 5) is 37.0. The van der Waals surface area contributed by atoms with Gasteiger partial charge in [-0.05, 0) is 35.2 Å². The summed E-state index contributed by atoms with van der Waals surface area (Å²) in [6.45, 7) is 3.86. The second-order valence-corrected chi connectivity index (χ2v) is 9.54. The Kier molecular flexibility index (Phi) is 12.0. The summed E-state index contributed by atoms with van der Waals surface area (Å²) in [6, 6.07) is 26.7. The van der Waals surface area contributed by atoms with Gasteiger partial charge in [-0.1, -0.05) is 79.7 Å². The lowest BCUT2D eigenvalue weighted by molar-refractivity contribution is -0.129. The van der Waals surface area contributed by atoms with E-state index in [0.717, 1.165) is 22.4 Å². The first-order chi connectivity index (χ1) is 18.9. The highest BCUT2D eigenvalue weighted by atomic mass is 16.5. The zero-order chi connectivity index (χ0) is 27.9. The van der Waals surface area contributed by atoms with Crippen molar-refractivity contribution in [1.82, 2.24) is 16.0 Å². The van der Waals surface area contributed by atoms with Crippen LogP contribution < -0.4 is 26.4 Å². The molecule has 3 amide bonds. The van der Waals surface area contributed by atoms with Gasteiger partial charge in [-0.15, -0.1) is 0 Å². The van der Waals surface area contributed by atoms with Crippen molar-refractivity contribution in [3.8, 4) is 5.75 Å². The number of rotatable bonds is 16. The molecule has 8 heteroatoms. The molecule has 0 saturated carbocycles. The quantitative estimate of drug-likeness (QED) is 0.212. The number of carbonyl (C=O) groups is 3. The highest BCUT2D eigenvalue weighted by molar-refractivity contribution is 5.88. The third kappa shape index (κ3) is 11.0. The standard InChI is InChI=1S/C31H38N4O4/c1-23(30(32)37)12-17-29(36)35-28(31(38)34-19-18-33-21-25-8-4-2-5-9-25)20-24-13-15-27(16-14-24)39-22-26-10-6-3-7-11-26/h2-11,13-16,23,28,33H,12,17-22H2,1H3,(H2,32,37)(H,34,38)(H,35,36). The molecule has 0 bridgehead atoms. The minimum atomic E-state index is -0.758. The minimum absolute atomic E-state index is 0.110. The normalized spacial score (nSPS) is 12.2. The fourth-order valence-electron chi connectivity index (χ4n) is 3.89. The summed E-state index contributed by atoms with van der Waals surface area (Å²) in [5, 5.41) is 9.05. The van der Waals surface area contributed by atoms with Crippen molar-refractivity contribution in [3.05, 3.63) is 102 Å². The van der Waals surface area contributed by atoms with Crippen LogP contribution in [-0.2, 0) is 34.0 Å². The van der Waals surface area contributed by atoms with Gasteiger partial charge in [0.2, 0.25) is 17.7 Å². The van der Waals surface area contributed by atoms with E-state index in [1.165, 1.54) is 0 Å². The van der Waals surface area contributed by atoms with Crippen LogP contribution in [0.1, 0.15) is 36.5 Å². The molecule has 0 aliphatic rings. The van der Waals surface area contributed by atoms with E-state index in [1.54, 1.807) is 6.92 Å². The van der Waals surface area contributed by atoms with E-state index in [4.69, 9.17) is 10.5 Å². The number of nitrogens with one attached hydrogen (secondary N) is 3. The molecule has 0 spiro atoms. The van der Waals surface area contributed by atoms with E-state index in [1.807, 2.05) is 84.9 Å². The van der Waals surface area contributed by atoms with Crippen molar-refractivity contribution in [2.24, 2.45) is 11.7 Å². The predicted molar refractivity (Wildman–Crippen MR) is 152 cm³/mol. The average molecular weight is 531 g/mol. The largest absolute Gasteiger partial charge is 0.489 e. The molecule has 0 aliphatic carbocycles. The van der Waals surface area contributed by atoms with Crippen LogP contribution in [-0.4, -0.2) is 36.9 Å². The maximum atomic E-state index is 13.0. The van der Waals surface area contributed by atoms with Crippen LogP contribution in [0.25, 0.3) is 0 Å². The van der Waals surface area contributed by atoms with Crippen LogP contribution in [0.5, 0.6) is 5.75 Å². The topological polar surface area (TPSA) is 123 Å². The van der Waals surface area contributed by atoms with Gasteiger partial charge >= 0.3 is 0 Å². The second kappa shape index (κ2) is 15.9. The lowest BCUT2D eigenvalue weighted by Crippen LogP contribution is -2.49. The molecule has 3 aromatic rings. The first-order valence-electron chi connectivity index (χ1n) is 13.3. The number of primary amides is 1. The number of ether oxygens (including phenoxy) is 1. The van der Waals surface area contributed by atoms with Gasteiger partial charge in [0.05, 0.1) is 0 Å². The van der Waals surface area contributed by atoms with Crippen molar-refractivity contribution in [3.63, 3.8) is 0 Å². The van der Waals surface area contributed by atoms with Gasteiger partial charge in [0, 0.05) is 38.4 Å². The molecule has 39 heavy (non-hydrogen) atoms. The zero-order valence-electron chi connectivity index (χ0n) is 22.4. The fraction of sp³-hybridized carbons (Fsp3) is 0.323. The molecule has 3 rings (SSSR count). The molecule has 0 radical (unpaired) electrons. The van der Waals surface area contributed by atoms with E-state index in [-0.39, 0.29) is 18.2 Å². The molecule has 0 saturated heterocycles. The lowest BCUT2D eigenvalue weighted by atomic mass is 10.0. The van der Waals surface area contributed by atoms with E-state index in [0.29, 0.717) is 39.1 Å². The van der Waals surface area contributed by atoms with Crippen LogP contribution in [0.15, 0.2) is 84.9 Å². The van der Waals surface area contributed by atoms with Crippen molar-refractivity contribution >= 4 is 17.7 Å². The van der Waals surface area contributed by atoms with Crippen molar-refractivity contribution in [2.75, 3.05) is 13.1 Å². The van der Waals surface area contributed by atoms with Crippen LogP contribution >= 0.6 is 0 Å². The van der Waals surface area contributed by atoms with Gasteiger partial charge in [-0.2, -0.15) is 0 Å². The Morgan fingerprint density at radius 3 is 2.10 bits per heavy atom. The first kappa shape index (κ1) is 29.4. The van der Waals surface area contributed by atoms with Crippen molar-refractivity contribution in [1.29, 1.82) is 0 Å². The molecule has 206 valence electrons. The second-order valence-electron chi connectivity index (χ2n) is 9.54. The molecule has 0 fully saturated rings. The third-order valence-corrected chi connectivity index (χ3v) is 6.33. The van der Waals surface area contributed by atoms with Crippen LogP contribution in [0.2, 0.25) is 0 Å². The van der Waals surface area contributed by atoms with Crippen LogP contribution in [0, 0.1) is 5.92 Å².